The van der Waals surface area contributed by atoms with Crippen LogP contribution in [0.2, 0.25) is 0 Å². The zero-order valence-corrected chi connectivity index (χ0v) is 17.9. The predicted molar refractivity (Wildman–Crippen MR) is 111 cm³/mol. The van der Waals surface area contributed by atoms with Crippen molar-refractivity contribution in [2.75, 3.05) is 20.4 Å². The van der Waals surface area contributed by atoms with E-state index in [4.69, 9.17) is 9.47 Å². The minimum absolute atomic E-state index is 0.0170. The lowest BCUT2D eigenvalue weighted by Gasteiger charge is -2.15. The van der Waals surface area contributed by atoms with E-state index in [0.717, 1.165) is 17.2 Å². The largest absolute Gasteiger partial charge is 0.454 e. The summed E-state index contributed by atoms with van der Waals surface area (Å²) in [6, 6.07) is 7.65. The van der Waals surface area contributed by atoms with E-state index in [2.05, 4.69) is 10.3 Å². The first kappa shape index (κ1) is 23.4. The van der Waals surface area contributed by atoms with Gasteiger partial charge >= 0.3 is 0 Å². The summed E-state index contributed by atoms with van der Waals surface area (Å²) in [6.07, 6.45) is 1.35. The summed E-state index contributed by atoms with van der Waals surface area (Å²) < 4.78 is 10.2. The van der Waals surface area contributed by atoms with Crippen molar-refractivity contribution in [2.24, 2.45) is 0 Å². The number of thiazole rings is 1. The van der Waals surface area contributed by atoms with E-state index >= 15 is 0 Å². The van der Waals surface area contributed by atoms with E-state index in [1.807, 2.05) is 52.0 Å². The number of aryl methyl sites for hydroxylation is 1. The molecule has 0 radical (unpaired) electrons. The number of benzene rings is 1. The van der Waals surface area contributed by atoms with Gasteiger partial charge in [-0.15, -0.1) is 11.3 Å². The van der Waals surface area contributed by atoms with Crippen LogP contribution in [0.1, 0.15) is 31.3 Å². The zero-order chi connectivity index (χ0) is 20.9. The fourth-order valence-corrected chi connectivity index (χ4v) is 2.90. The van der Waals surface area contributed by atoms with Gasteiger partial charge in [0.25, 0.3) is 0 Å². The van der Waals surface area contributed by atoms with Crippen LogP contribution in [-0.4, -0.2) is 48.6 Å². The molecule has 1 atom stereocenters. The number of nitrogens with zero attached hydrogens (tertiary/aromatic N) is 2. The topological polar surface area (TPSA) is 80.8 Å². The number of rotatable bonds is 6. The first-order chi connectivity index (χ1) is 13.5. The van der Waals surface area contributed by atoms with E-state index in [1.165, 1.54) is 9.78 Å². The summed E-state index contributed by atoms with van der Waals surface area (Å²) in [7, 11) is 1.57. The molecular weight excluding hydrogens is 378 g/mol. The number of carbonyl (C=O) groups is 2. The molecule has 0 saturated heterocycles. The number of hydrogen-bond donors (Lipinski definition) is 1. The summed E-state index contributed by atoms with van der Waals surface area (Å²) in [5.74, 6) is 1.54. The first-order valence-electron chi connectivity index (χ1n) is 9.18. The number of carbonyl (C=O) groups excluding carboxylic acids is 2. The van der Waals surface area contributed by atoms with Crippen molar-refractivity contribution in [3.05, 3.63) is 40.3 Å². The van der Waals surface area contributed by atoms with Crippen molar-refractivity contribution in [1.29, 1.82) is 0 Å². The Labute approximate surface area is 170 Å². The van der Waals surface area contributed by atoms with Gasteiger partial charge in [-0.1, -0.05) is 26.0 Å². The number of aromatic nitrogens is 1. The highest BCUT2D eigenvalue weighted by molar-refractivity contribution is 7.09. The van der Waals surface area contributed by atoms with Gasteiger partial charge < -0.3 is 19.7 Å². The zero-order valence-electron chi connectivity index (χ0n) is 17.1. The molecule has 28 heavy (non-hydrogen) atoms. The summed E-state index contributed by atoms with van der Waals surface area (Å²) in [4.78, 5) is 28.6. The number of likely N-dealkylation sites (N-methyl/N-ethyl adjacent to an activating group) is 1. The van der Waals surface area contributed by atoms with E-state index in [-0.39, 0.29) is 18.5 Å². The van der Waals surface area contributed by atoms with E-state index < -0.39 is 0 Å². The molecule has 0 fully saturated rings. The normalized spacial score (nSPS) is 11.9. The molecule has 1 aromatic carbocycles. The maximum absolute atomic E-state index is 11.5. The van der Waals surface area contributed by atoms with Gasteiger partial charge in [-0.05, 0) is 26.0 Å². The second-order valence-electron chi connectivity index (χ2n) is 5.90. The Bertz CT molecular complexity index is 713. The molecule has 0 aliphatic carbocycles. The van der Waals surface area contributed by atoms with Crippen molar-refractivity contribution < 1.29 is 19.1 Å². The molecule has 1 N–H and O–H groups in total. The molecule has 1 unspecified atom stereocenters. The molecule has 1 aliphatic heterocycles. The van der Waals surface area contributed by atoms with Crippen LogP contribution in [0.3, 0.4) is 0 Å². The lowest BCUT2D eigenvalue weighted by atomic mass is 10.1. The monoisotopic (exact) mass is 407 g/mol. The minimum Gasteiger partial charge on any atom is -0.454 e. The molecule has 0 spiro atoms. The highest BCUT2D eigenvalue weighted by Crippen LogP contribution is 2.30. The molecule has 3 rings (SSSR count). The quantitative estimate of drug-likeness (QED) is 0.745. The van der Waals surface area contributed by atoms with Crippen LogP contribution >= 0.6 is 11.3 Å². The van der Waals surface area contributed by atoms with Crippen molar-refractivity contribution in [3.8, 4) is 11.5 Å². The van der Waals surface area contributed by atoms with Gasteiger partial charge in [-0.2, -0.15) is 0 Å². The Hall–Kier alpha value is -2.61. The average Bonchev–Trinajstić information content (AvgIpc) is 3.32. The third-order valence-corrected chi connectivity index (χ3v) is 4.40. The highest BCUT2D eigenvalue weighted by Gasteiger charge is 2.12. The Kier molecular flexibility index (Phi) is 10.6. The van der Waals surface area contributed by atoms with Gasteiger partial charge in [0.1, 0.15) is 0 Å². The number of ether oxygens (including phenoxy) is 2. The third kappa shape index (κ3) is 7.96. The van der Waals surface area contributed by atoms with Gasteiger partial charge in [0.05, 0.1) is 17.7 Å². The van der Waals surface area contributed by atoms with Crippen LogP contribution in [0.25, 0.3) is 0 Å². The van der Waals surface area contributed by atoms with Crippen molar-refractivity contribution in [2.45, 2.75) is 40.2 Å². The Balaban J connectivity index is 0.000000295. The number of para-hydroxylation sites is 2. The second-order valence-corrected chi connectivity index (χ2v) is 6.96. The van der Waals surface area contributed by atoms with E-state index in [0.29, 0.717) is 19.6 Å². The summed E-state index contributed by atoms with van der Waals surface area (Å²) in [5, 5.41) is 2.84. The molecule has 0 saturated carbocycles. The molecule has 2 amide bonds. The molecule has 2 aromatic rings. The fourth-order valence-electron chi connectivity index (χ4n) is 2.29. The van der Waals surface area contributed by atoms with Crippen LogP contribution in [0.4, 0.5) is 0 Å². The second kappa shape index (κ2) is 12.7. The van der Waals surface area contributed by atoms with Gasteiger partial charge in [0.2, 0.25) is 19.1 Å². The Morgan fingerprint density at radius 1 is 1.32 bits per heavy atom. The lowest BCUT2D eigenvalue weighted by Crippen LogP contribution is -2.40. The maximum atomic E-state index is 11.5. The molecule has 154 valence electrons. The third-order valence-electron chi connectivity index (χ3n) is 3.60. The summed E-state index contributed by atoms with van der Waals surface area (Å²) in [5.41, 5.74) is 2.82. The number of hydrogen-bond acceptors (Lipinski definition) is 6. The predicted octanol–water partition coefficient (Wildman–Crippen LogP) is 3.03. The summed E-state index contributed by atoms with van der Waals surface area (Å²) >= 11 is 1.60. The molecule has 1 aliphatic rings. The van der Waals surface area contributed by atoms with Crippen LogP contribution in [0.15, 0.2) is 29.8 Å². The molecule has 0 bridgehead atoms. The van der Waals surface area contributed by atoms with Crippen LogP contribution in [0, 0.1) is 6.92 Å². The molecule has 2 heterocycles. The molecular formula is C20H29N3O4S. The van der Waals surface area contributed by atoms with Gasteiger partial charge in [-0.3, -0.25) is 9.59 Å². The van der Waals surface area contributed by atoms with Crippen LogP contribution < -0.4 is 14.8 Å². The van der Waals surface area contributed by atoms with Crippen LogP contribution in [0.5, 0.6) is 11.5 Å². The Morgan fingerprint density at radius 3 is 2.43 bits per heavy atom. The average molecular weight is 408 g/mol. The molecule has 7 nitrogen and oxygen atoms in total. The SMILES string of the molecule is CC.Cc1scnc1CC(C)NC(=O)CN(C)C=O.c1ccc2c(c1)OCO2. The van der Waals surface area contributed by atoms with Crippen molar-refractivity contribution in [1.82, 2.24) is 15.2 Å². The number of amides is 2. The smallest absolute Gasteiger partial charge is 0.239 e. The van der Waals surface area contributed by atoms with Crippen molar-refractivity contribution >= 4 is 23.7 Å². The van der Waals surface area contributed by atoms with Gasteiger partial charge in [0.15, 0.2) is 11.5 Å². The van der Waals surface area contributed by atoms with Crippen LogP contribution in [-0.2, 0) is 16.0 Å². The minimum atomic E-state index is -0.153. The van der Waals surface area contributed by atoms with Crippen molar-refractivity contribution in [3.63, 3.8) is 0 Å². The number of fused-ring (bicyclic) bond motifs is 1. The molecule has 1 aromatic heterocycles. The summed E-state index contributed by atoms with van der Waals surface area (Å²) in [6.45, 7) is 8.39. The number of nitrogens with one attached hydrogen (secondary N) is 1. The Morgan fingerprint density at radius 2 is 1.93 bits per heavy atom. The highest BCUT2D eigenvalue weighted by atomic mass is 32.1. The first-order valence-corrected chi connectivity index (χ1v) is 10.1. The van der Waals surface area contributed by atoms with Gasteiger partial charge in [0, 0.05) is 24.4 Å². The van der Waals surface area contributed by atoms with E-state index in [9.17, 15) is 9.59 Å². The maximum Gasteiger partial charge on any atom is 0.239 e. The van der Waals surface area contributed by atoms with Gasteiger partial charge in [-0.25, -0.2) is 4.98 Å². The standard InChI is InChI=1S/C11H17N3O2S.C7H6O2.C2H6/c1-8(4-10-9(2)17-6-12-10)13-11(16)5-14(3)7-15;1-2-4-7-6(3-1)8-5-9-7;1-2/h6-8H,4-5H2,1-3H3,(H,13,16);1-4H,5H2;1-2H3. The molecule has 8 heteroatoms. The van der Waals surface area contributed by atoms with E-state index in [1.54, 1.807) is 23.9 Å². The fraction of sp³-hybridized carbons (Fsp3) is 0.450. The lowest BCUT2D eigenvalue weighted by molar-refractivity contribution is -0.127.